The molecule has 0 aliphatic carbocycles. The third-order valence-electron chi connectivity index (χ3n) is 1.79. The van der Waals surface area contributed by atoms with Gasteiger partial charge >= 0.3 is 0 Å². The molecular formula is C13H15BrClN3O. The lowest BCUT2D eigenvalue weighted by Gasteiger charge is -2.08. The van der Waals surface area contributed by atoms with Crippen LogP contribution in [0.4, 0.5) is 0 Å². The van der Waals surface area contributed by atoms with Gasteiger partial charge in [-0.3, -0.25) is 4.98 Å². The van der Waals surface area contributed by atoms with E-state index in [1.165, 1.54) is 6.20 Å². The molecule has 0 fully saturated rings. The van der Waals surface area contributed by atoms with Crippen LogP contribution in [-0.2, 0) is 0 Å². The minimum atomic E-state index is 0.351. The van der Waals surface area contributed by atoms with E-state index in [2.05, 4.69) is 44.7 Å². The highest BCUT2D eigenvalue weighted by Crippen LogP contribution is 2.21. The predicted octanol–water partition coefficient (Wildman–Crippen LogP) is 4.01. The van der Waals surface area contributed by atoms with Gasteiger partial charge in [0.25, 0.3) is 0 Å². The van der Waals surface area contributed by atoms with Crippen LogP contribution in [0.25, 0.3) is 0 Å². The first-order chi connectivity index (χ1) is 9.09. The monoisotopic (exact) mass is 343 g/mol. The summed E-state index contributed by atoms with van der Waals surface area (Å²) in [6, 6.07) is 5.72. The molecule has 0 spiro atoms. The van der Waals surface area contributed by atoms with E-state index in [1.54, 1.807) is 12.4 Å². The van der Waals surface area contributed by atoms with E-state index in [0.29, 0.717) is 28.2 Å². The van der Waals surface area contributed by atoms with Crippen LogP contribution in [0.15, 0.2) is 41.4 Å². The molecule has 0 saturated heterocycles. The Bertz CT molecular complexity index is 456. The Balaban J connectivity index is 0.000000250. The first-order valence-electron chi connectivity index (χ1n) is 5.75. The molecule has 4 nitrogen and oxygen atoms in total. The zero-order valence-corrected chi connectivity index (χ0v) is 13.1. The fraction of sp³-hybridized carbons (Fsp3) is 0.308. The summed E-state index contributed by atoms with van der Waals surface area (Å²) in [7, 11) is 0. The molecule has 2 aromatic rings. The largest absolute Gasteiger partial charge is 0.475 e. The summed E-state index contributed by atoms with van der Waals surface area (Å²) in [5.74, 6) is 0.947. The Hall–Kier alpha value is -1.20. The summed E-state index contributed by atoms with van der Waals surface area (Å²) in [6.45, 7) is 4.75. The fourth-order valence-corrected chi connectivity index (χ4v) is 1.63. The standard InChI is InChI=1S/C8H10BrClN2O.C5H5N/c1-5(2)4-13-8-7(9)12-6(10)3-11-8;1-2-4-6-5-3-1/h3,5H,4H2,1-2H3;1-5H. The van der Waals surface area contributed by atoms with Crippen molar-refractivity contribution in [3.63, 3.8) is 0 Å². The van der Waals surface area contributed by atoms with E-state index >= 15 is 0 Å². The fourth-order valence-electron chi connectivity index (χ4n) is 0.991. The maximum Gasteiger partial charge on any atom is 0.247 e. The van der Waals surface area contributed by atoms with E-state index < -0.39 is 0 Å². The van der Waals surface area contributed by atoms with Gasteiger partial charge in [-0.15, -0.1) is 0 Å². The van der Waals surface area contributed by atoms with Crippen molar-refractivity contribution >= 4 is 27.5 Å². The summed E-state index contributed by atoms with van der Waals surface area (Å²) >= 11 is 8.83. The van der Waals surface area contributed by atoms with Gasteiger partial charge < -0.3 is 4.74 Å². The molecule has 102 valence electrons. The van der Waals surface area contributed by atoms with Crippen molar-refractivity contribution in [3.05, 3.63) is 46.5 Å². The van der Waals surface area contributed by atoms with E-state index in [0.717, 1.165) is 0 Å². The highest BCUT2D eigenvalue weighted by atomic mass is 79.9. The van der Waals surface area contributed by atoms with E-state index in [4.69, 9.17) is 16.3 Å². The predicted molar refractivity (Wildman–Crippen MR) is 79.3 cm³/mol. The van der Waals surface area contributed by atoms with E-state index in [-0.39, 0.29) is 0 Å². The van der Waals surface area contributed by atoms with Crippen LogP contribution >= 0.6 is 27.5 Å². The first kappa shape index (κ1) is 15.9. The number of hydrogen-bond donors (Lipinski definition) is 0. The molecule has 6 heteroatoms. The summed E-state index contributed by atoms with van der Waals surface area (Å²) in [6.07, 6.45) is 4.96. The Labute approximate surface area is 126 Å². The van der Waals surface area contributed by atoms with Crippen LogP contribution in [0.5, 0.6) is 5.88 Å². The molecule has 0 atom stereocenters. The van der Waals surface area contributed by atoms with Gasteiger partial charge in [0.2, 0.25) is 5.88 Å². The lowest BCUT2D eigenvalue weighted by Crippen LogP contribution is -2.06. The van der Waals surface area contributed by atoms with Gasteiger partial charge in [-0.2, -0.15) is 0 Å². The van der Waals surface area contributed by atoms with E-state index in [9.17, 15) is 0 Å². The summed E-state index contributed by atoms with van der Waals surface area (Å²) in [5.41, 5.74) is 0. The second-order valence-electron chi connectivity index (χ2n) is 4.02. The minimum Gasteiger partial charge on any atom is -0.475 e. The smallest absolute Gasteiger partial charge is 0.247 e. The molecule has 2 heterocycles. The highest BCUT2D eigenvalue weighted by Gasteiger charge is 2.05. The molecule has 0 aromatic carbocycles. The van der Waals surface area contributed by atoms with Gasteiger partial charge in [0.15, 0.2) is 4.60 Å². The average molecular weight is 345 g/mol. The molecule has 0 unspecified atom stereocenters. The number of aromatic nitrogens is 3. The Morgan fingerprint density at radius 2 is 1.95 bits per heavy atom. The van der Waals surface area contributed by atoms with Gasteiger partial charge in [-0.05, 0) is 34.0 Å². The zero-order chi connectivity index (χ0) is 14.1. The molecule has 19 heavy (non-hydrogen) atoms. The Kier molecular flexibility index (Phi) is 7.36. The van der Waals surface area contributed by atoms with Crippen molar-refractivity contribution in [2.75, 3.05) is 6.61 Å². The molecular weight excluding hydrogens is 330 g/mol. The van der Waals surface area contributed by atoms with Crippen LogP contribution in [-0.4, -0.2) is 21.6 Å². The lowest BCUT2D eigenvalue weighted by molar-refractivity contribution is 0.258. The van der Waals surface area contributed by atoms with Gasteiger partial charge in [0.05, 0.1) is 12.8 Å². The van der Waals surface area contributed by atoms with Crippen LogP contribution < -0.4 is 4.74 Å². The third kappa shape index (κ3) is 7.08. The molecule has 0 aliphatic rings. The van der Waals surface area contributed by atoms with Gasteiger partial charge in [-0.1, -0.05) is 31.5 Å². The molecule has 0 amide bonds. The second-order valence-corrected chi connectivity index (χ2v) is 5.16. The number of ether oxygens (including phenoxy) is 1. The molecule has 0 radical (unpaired) electrons. The number of pyridine rings is 1. The number of nitrogens with zero attached hydrogens (tertiary/aromatic N) is 3. The molecule has 0 bridgehead atoms. The topological polar surface area (TPSA) is 47.9 Å². The molecule has 2 rings (SSSR count). The highest BCUT2D eigenvalue weighted by molar-refractivity contribution is 9.10. The van der Waals surface area contributed by atoms with E-state index in [1.807, 2.05) is 18.2 Å². The maximum absolute atomic E-state index is 5.62. The quantitative estimate of drug-likeness (QED) is 0.844. The molecule has 2 aromatic heterocycles. The van der Waals surface area contributed by atoms with Crippen molar-refractivity contribution in [1.29, 1.82) is 0 Å². The maximum atomic E-state index is 5.62. The van der Waals surface area contributed by atoms with Crippen molar-refractivity contribution in [3.8, 4) is 5.88 Å². The second kappa shape index (κ2) is 8.82. The molecule has 0 saturated carbocycles. The number of hydrogen-bond acceptors (Lipinski definition) is 4. The third-order valence-corrected chi connectivity index (χ3v) is 2.49. The Morgan fingerprint density at radius 3 is 2.37 bits per heavy atom. The summed E-state index contributed by atoms with van der Waals surface area (Å²) < 4.78 is 5.92. The normalized spacial score (nSPS) is 9.74. The average Bonchev–Trinajstić information content (AvgIpc) is 2.40. The minimum absolute atomic E-state index is 0.351. The van der Waals surface area contributed by atoms with Crippen LogP contribution in [0.3, 0.4) is 0 Å². The number of halogens is 2. The van der Waals surface area contributed by atoms with Gasteiger partial charge in [-0.25, -0.2) is 9.97 Å². The van der Waals surface area contributed by atoms with Crippen molar-refractivity contribution in [2.24, 2.45) is 5.92 Å². The zero-order valence-electron chi connectivity index (χ0n) is 10.8. The molecule has 0 N–H and O–H groups in total. The van der Waals surface area contributed by atoms with Crippen LogP contribution in [0, 0.1) is 5.92 Å². The van der Waals surface area contributed by atoms with Crippen molar-refractivity contribution in [1.82, 2.24) is 15.0 Å². The summed E-state index contributed by atoms with van der Waals surface area (Å²) in [4.78, 5) is 11.7. The Morgan fingerprint density at radius 1 is 1.26 bits per heavy atom. The number of rotatable bonds is 3. The van der Waals surface area contributed by atoms with Crippen molar-refractivity contribution < 1.29 is 4.74 Å². The van der Waals surface area contributed by atoms with Gasteiger partial charge in [0.1, 0.15) is 5.15 Å². The first-order valence-corrected chi connectivity index (χ1v) is 6.92. The van der Waals surface area contributed by atoms with Crippen LogP contribution in [0.2, 0.25) is 5.15 Å². The summed E-state index contributed by atoms with van der Waals surface area (Å²) in [5, 5.41) is 0.351. The lowest BCUT2D eigenvalue weighted by atomic mass is 10.2. The molecule has 0 aliphatic heterocycles. The van der Waals surface area contributed by atoms with Crippen LogP contribution in [0.1, 0.15) is 13.8 Å². The van der Waals surface area contributed by atoms with Crippen molar-refractivity contribution in [2.45, 2.75) is 13.8 Å². The SMILES string of the molecule is CC(C)COc1ncc(Cl)nc1Br.c1ccncc1. The van der Waals surface area contributed by atoms with Gasteiger partial charge in [0, 0.05) is 12.4 Å².